The first kappa shape index (κ1) is 16.9. The van der Waals surface area contributed by atoms with Crippen LogP contribution in [0.3, 0.4) is 0 Å². The van der Waals surface area contributed by atoms with Crippen LogP contribution in [-0.4, -0.2) is 47.4 Å². The van der Waals surface area contributed by atoms with Crippen molar-refractivity contribution in [1.82, 2.24) is 9.30 Å². The lowest BCUT2D eigenvalue weighted by Crippen LogP contribution is -2.46. The van der Waals surface area contributed by atoms with Gasteiger partial charge in [0, 0.05) is 18.8 Å². The number of amides is 1. The van der Waals surface area contributed by atoms with Gasteiger partial charge in [0.1, 0.15) is 5.75 Å². The van der Waals surface area contributed by atoms with Gasteiger partial charge in [-0.3, -0.25) is 9.59 Å². The van der Waals surface area contributed by atoms with E-state index in [0.29, 0.717) is 16.2 Å². The largest absolute Gasteiger partial charge is 0.495 e. The van der Waals surface area contributed by atoms with Crippen LogP contribution in [0.25, 0.3) is 5.52 Å². The highest BCUT2D eigenvalue weighted by Gasteiger charge is 2.43. The lowest BCUT2D eigenvalue weighted by atomic mass is 10.1. The zero-order valence-corrected chi connectivity index (χ0v) is 12.7. The fraction of sp³-hybridized carbons (Fsp3) is 0.333. The van der Waals surface area contributed by atoms with E-state index in [1.807, 2.05) is 0 Å². The molecule has 0 fully saturated rings. The summed E-state index contributed by atoms with van der Waals surface area (Å²) in [5.41, 5.74) is 0.762. The fourth-order valence-electron chi connectivity index (χ4n) is 2.20. The van der Waals surface area contributed by atoms with Gasteiger partial charge in [0.2, 0.25) is 0 Å². The Morgan fingerprint density at radius 2 is 1.91 bits per heavy atom. The quantitative estimate of drug-likeness (QED) is 0.811. The Kier molecular flexibility index (Phi) is 4.35. The number of aromatic nitrogens is 1. The minimum Gasteiger partial charge on any atom is -0.495 e. The van der Waals surface area contributed by atoms with E-state index in [0.717, 1.165) is 7.05 Å². The van der Waals surface area contributed by atoms with Crippen LogP contribution in [0, 0.1) is 0 Å². The van der Waals surface area contributed by atoms with E-state index < -0.39 is 23.9 Å². The predicted octanol–water partition coefficient (Wildman–Crippen LogP) is 2.54. The summed E-state index contributed by atoms with van der Waals surface area (Å²) in [6.07, 6.45) is -1.77. The number of fused-ring (bicyclic) bond motifs is 1. The molecule has 1 atom stereocenters. The first-order chi connectivity index (χ1) is 10.7. The number of ether oxygens (including phenoxy) is 1. The number of likely N-dealkylation sites (N-methyl/N-ethyl adjacent to an activating group) is 1. The molecule has 0 aliphatic rings. The fourth-order valence-corrected chi connectivity index (χ4v) is 2.20. The summed E-state index contributed by atoms with van der Waals surface area (Å²) in [5.74, 6) is -2.05. The molecule has 1 amide bonds. The second kappa shape index (κ2) is 5.94. The van der Waals surface area contributed by atoms with Crippen LogP contribution in [0.1, 0.15) is 17.3 Å². The van der Waals surface area contributed by atoms with Crippen molar-refractivity contribution in [3.05, 3.63) is 36.2 Å². The van der Waals surface area contributed by atoms with Gasteiger partial charge in [-0.1, -0.05) is 0 Å². The van der Waals surface area contributed by atoms with E-state index in [-0.39, 0.29) is 5.56 Å². The van der Waals surface area contributed by atoms with Gasteiger partial charge in [0.05, 0.1) is 24.9 Å². The van der Waals surface area contributed by atoms with E-state index >= 15 is 0 Å². The Hall–Kier alpha value is -2.51. The van der Waals surface area contributed by atoms with E-state index in [2.05, 4.69) is 0 Å². The van der Waals surface area contributed by atoms with E-state index in [4.69, 9.17) is 4.74 Å². The number of nitrogens with zero attached hydrogens (tertiary/aromatic N) is 2. The maximum absolute atomic E-state index is 12.5. The number of Topliss-reactive ketones (excluding diaryl/α,β-unsaturated/α-hetero) is 1. The lowest BCUT2D eigenvalue weighted by molar-refractivity contribution is -0.185. The molecule has 2 aromatic heterocycles. The molecular weight excluding hydrogens is 313 g/mol. The molecule has 1 unspecified atom stereocenters. The molecule has 0 aliphatic heterocycles. The summed E-state index contributed by atoms with van der Waals surface area (Å²) in [5, 5.41) is 0. The highest BCUT2D eigenvalue weighted by molar-refractivity contribution is 6.07. The topological polar surface area (TPSA) is 51.0 Å². The molecular formula is C15H15F3N2O3. The molecule has 23 heavy (non-hydrogen) atoms. The maximum atomic E-state index is 12.5. The summed E-state index contributed by atoms with van der Waals surface area (Å²) in [4.78, 5) is 24.1. The van der Waals surface area contributed by atoms with Gasteiger partial charge in [-0.05, 0) is 25.1 Å². The Morgan fingerprint density at radius 1 is 1.26 bits per heavy atom. The maximum Gasteiger partial charge on any atom is 0.471 e. The van der Waals surface area contributed by atoms with E-state index in [9.17, 15) is 22.8 Å². The normalized spacial score (nSPS) is 13.0. The number of halogens is 3. The molecule has 2 aromatic rings. The van der Waals surface area contributed by atoms with Crippen molar-refractivity contribution < 1.29 is 27.5 Å². The van der Waals surface area contributed by atoms with Crippen molar-refractivity contribution in [2.24, 2.45) is 0 Å². The van der Waals surface area contributed by atoms with Crippen molar-refractivity contribution in [3.63, 3.8) is 0 Å². The molecule has 0 bridgehead atoms. The van der Waals surface area contributed by atoms with Crippen LogP contribution in [0.2, 0.25) is 0 Å². The minimum absolute atomic E-state index is 0.238. The standard InChI is InChI=1S/C15H15F3N2O3/c1-9(19(2)14(22)15(16,17)18)13(21)11-6-7-20-8-10(23-3)4-5-12(11)20/h4-9H,1-3H3. The van der Waals surface area contributed by atoms with Crippen LogP contribution >= 0.6 is 0 Å². The summed E-state index contributed by atoms with van der Waals surface area (Å²) < 4.78 is 44.1. The smallest absolute Gasteiger partial charge is 0.471 e. The molecule has 5 nitrogen and oxygen atoms in total. The molecule has 0 spiro atoms. The average molecular weight is 328 g/mol. The molecule has 0 radical (unpaired) electrons. The van der Waals surface area contributed by atoms with Crippen LogP contribution in [-0.2, 0) is 4.79 Å². The third-order valence-electron chi connectivity index (χ3n) is 3.65. The second-order valence-corrected chi connectivity index (χ2v) is 5.04. The van der Waals surface area contributed by atoms with Crippen LogP contribution in [0.4, 0.5) is 13.2 Å². The van der Waals surface area contributed by atoms with Gasteiger partial charge < -0.3 is 14.0 Å². The monoisotopic (exact) mass is 328 g/mol. The molecule has 2 heterocycles. The first-order valence-electron chi connectivity index (χ1n) is 6.69. The number of carbonyl (C=O) groups excluding carboxylic acids is 2. The third-order valence-corrected chi connectivity index (χ3v) is 3.65. The van der Waals surface area contributed by atoms with Gasteiger partial charge in [-0.2, -0.15) is 13.2 Å². The highest BCUT2D eigenvalue weighted by Crippen LogP contribution is 2.23. The minimum atomic E-state index is -5.01. The van der Waals surface area contributed by atoms with Crippen LogP contribution < -0.4 is 4.74 Å². The molecule has 0 aliphatic carbocycles. The number of rotatable bonds is 4. The van der Waals surface area contributed by atoms with Crippen molar-refractivity contribution in [2.45, 2.75) is 19.1 Å². The highest BCUT2D eigenvalue weighted by atomic mass is 19.4. The van der Waals surface area contributed by atoms with E-state index in [1.165, 1.54) is 20.1 Å². The lowest BCUT2D eigenvalue weighted by Gasteiger charge is -2.24. The number of ketones is 1. The first-order valence-corrected chi connectivity index (χ1v) is 6.69. The Morgan fingerprint density at radius 3 is 2.48 bits per heavy atom. The van der Waals surface area contributed by atoms with Gasteiger partial charge >= 0.3 is 12.1 Å². The summed E-state index contributed by atoms with van der Waals surface area (Å²) >= 11 is 0. The molecule has 0 N–H and O–H groups in total. The number of hydrogen-bond acceptors (Lipinski definition) is 3. The zero-order valence-electron chi connectivity index (χ0n) is 12.7. The molecule has 124 valence electrons. The van der Waals surface area contributed by atoms with Crippen LogP contribution in [0.5, 0.6) is 5.75 Å². The van der Waals surface area contributed by atoms with Crippen molar-refractivity contribution >= 4 is 17.2 Å². The summed E-state index contributed by atoms with van der Waals surface area (Å²) in [6, 6.07) is 3.53. The SMILES string of the molecule is COc1ccc2c(C(=O)C(C)N(C)C(=O)C(F)(F)F)ccn2c1. The Balaban J connectivity index is 2.31. The van der Waals surface area contributed by atoms with Crippen LogP contribution in [0.15, 0.2) is 30.6 Å². The van der Waals surface area contributed by atoms with Gasteiger partial charge in [-0.25, -0.2) is 0 Å². The van der Waals surface area contributed by atoms with Gasteiger partial charge in [0.15, 0.2) is 5.78 Å². The van der Waals surface area contributed by atoms with Gasteiger partial charge in [0.25, 0.3) is 0 Å². The summed E-state index contributed by atoms with van der Waals surface area (Å²) in [7, 11) is 2.45. The number of methoxy groups -OCH3 is 1. The van der Waals surface area contributed by atoms with Crippen molar-refractivity contribution in [1.29, 1.82) is 0 Å². The molecule has 2 rings (SSSR count). The Labute approximate surface area is 130 Å². The van der Waals surface area contributed by atoms with Crippen molar-refractivity contribution in [3.8, 4) is 5.75 Å². The average Bonchev–Trinajstić information content (AvgIpc) is 2.93. The molecule has 8 heteroatoms. The van der Waals surface area contributed by atoms with E-state index in [1.54, 1.807) is 28.9 Å². The summed E-state index contributed by atoms with van der Waals surface area (Å²) in [6.45, 7) is 1.26. The number of alkyl halides is 3. The predicted molar refractivity (Wildman–Crippen MR) is 76.6 cm³/mol. The number of carbonyl (C=O) groups is 2. The Bertz CT molecular complexity index is 752. The molecule has 0 aromatic carbocycles. The number of hydrogen-bond donors (Lipinski definition) is 0. The van der Waals surface area contributed by atoms with Gasteiger partial charge in [-0.15, -0.1) is 0 Å². The van der Waals surface area contributed by atoms with Crippen molar-refractivity contribution in [2.75, 3.05) is 14.2 Å². The molecule has 0 saturated carbocycles. The zero-order chi connectivity index (χ0) is 17.4. The second-order valence-electron chi connectivity index (χ2n) is 5.04. The molecule has 0 saturated heterocycles. The third kappa shape index (κ3) is 3.15. The number of pyridine rings is 1.